The van der Waals surface area contributed by atoms with Gasteiger partial charge in [0.15, 0.2) is 0 Å². The monoisotopic (exact) mass is 449 g/mol. The Balaban J connectivity index is 1.71. The summed E-state index contributed by atoms with van der Waals surface area (Å²) in [5, 5.41) is 8.47. The summed E-state index contributed by atoms with van der Waals surface area (Å²) < 4.78 is 28.0. The van der Waals surface area contributed by atoms with Gasteiger partial charge in [0.2, 0.25) is 15.0 Å². The van der Waals surface area contributed by atoms with Crippen molar-refractivity contribution in [3.8, 4) is 0 Å². The third-order valence-corrected chi connectivity index (χ3v) is 8.07. The quantitative estimate of drug-likeness (QED) is 0.539. The average molecular weight is 450 g/mol. The van der Waals surface area contributed by atoms with Crippen molar-refractivity contribution in [2.45, 2.75) is 51.6 Å². The van der Waals surface area contributed by atoms with E-state index in [1.807, 2.05) is 39.8 Å². The topological polar surface area (TPSA) is 96.7 Å². The summed E-state index contributed by atoms with van der Waals surface area (Å²) in [5.74, 6) is 0. The van der Waals surface area contributed by atoms with Gasteiger partial charge in [0, 0.05) is 31.7 Å². The molecule has 0 saturated carbocycles. The van der Waals surface area contributed by atoms with Crippen LogP contribution >= 0.6 is 11.3 Å². The smallest absolute Gasteiger partial charge is 0.275 e. The van der Waals surface area contributed by atoms with Gasteiger partial charge < -0.3 is 5.32 Å². The van der Waals surface area contributed by atoms with Gasteiger partial charge >= 0.3 is 0 Å². The minimum atomic E-state index is -3.46. The van der Waals surface area contributed by atoms with E-state index in [-0.39, 0.29) is 11.6 Å². The van der Waals surface area contributed by atoms with Crippen LogP contribution in [0.5, 0.6) is 0 Å². The number of rotatable bonds is 9. The fourth-order valence-corrected chi connectivity index (χ4v) is 5.46. The van der Waals surface area contributed by atoms with Gasteiger partial charge in [0.25, 0.3) is 5.56 Å². The van der Waals surface area contributed by atoms with Gasteiger partial charge in [-0.05, 0) is 31.0 Å². The molecule has 0 aliphatic heterocycles. The first kappa shape index (κ1) is 22.5. The molecule has 0 radical (unpaired) electrons. The largest absolute Gasteiger partial charge is 0.305 e. The zero-order chi connectivity index (χ0) is 21.9. The second-order valence-corrected chi connectivity index (χ2v) is 9.87. The van der Waals surface area contributed by atoms with Crippen LogP contribution in [-0.2, 0) is 23.0 Å². The molecular formula is C20H27N5O3S2. The maximum Gasteiger partial charge on any atom is 0.275 e. The van der Waals surface area contributed by atoms with E-state index in [1.165, 1.54) is 26.2 Å². The molecule has 0 fully saturated rings. The molecule has 0 aliphatic carbocycles. The summed E-state index contributed by atoms with van der Waals surface area (Å²) in [4.78, 5) is 17.7. The lowest BCUT2D eigenvalue weighted by Gasteiger charge is -2.19. The highest BCUT2D eigenvalue weighted by Crippen LogP contribution is 2.20. The fourth-order valence-electron chi connectivity index (χ4n) is 3.15. The van der Waals surface area contributed by atoms with Crippen molar-refractivity contribution in [2.75, 3.05) is 13.1 Å². The van der Waals surface area contributed by atoms with Crippen molar-refractivity contribution >= 4 is 26.3 Å². The maximum absolute atomic E-state index is 12.6. The van der Waals surface area contributed by atoms with E-state index in [1.54, 1.807) is 12.1 Å². The lowest BCUT2D eigenvalue weighted by atomic mass is 10.1. The van der Waals surface area contributed by atoms with Crippen LogP contribution < -0.4 is 10.9 Å². The summed E-state index contributed by atoms with van der Waals surface area (Å²) in [7, 11) is -3.46. The summed E-state index contributed by atoms with van der Waals surface area (Å²) in [5.41, 5.74) is 1.42. The van der Waals surface area contributed by atoms with Crippen molar-refractivity contribution in [1.82, 2.24) is 24.2 Å². The number of aromatic nitrogens is 3. The van der Waals surface area contributed by atoms with Crippen molar-refractivity contribution < 1.29 is 8.42 Å². The highest BCUT2D eigenvalue weighted by molar-refractivity contribution is 7.89. The van der Waals surface area contributed by atoms with Crippen LogP contribution in [0.4, 0.5) is 0 Å². The van der Waals surface area contributed by atoms with Crippen LogP contribution in [-0.4, -0.2) is 40.4 Å². The minimum absolute atomic E-state index is 0.0388. The van der Waals surface area contributed by atoms with Crippen LogP contribution in [0.1, 0.15) is 50.0 Å². The number of hydrogen-bond donors (Lipinski definition) is 1. The summed E-state index contributed by atoms with van der Waals surface area (Å²) >= 11 is 1.42. The molecule has 2 aromatic heterocycles. The number of aryl methyl sites for hydroxylation is 1. The molecule has 0 unspecified atom stereocenters. The Morgan fingerprint density at radius 1 is 1.17 bits per heavy atom. The van der Waals surface area contributed by atoms with E-state index in [0.717, 1.165) is 17.0 Å². The normalized spacial score (nSPS) is 13.2. The molecule has 30 heavy (non-hydrogen) atoms. The van der Waals surface area contributed by atoms with Crippen molar-refractivity contribution in [3.63, 3.8) is 0 Å². The first-order valence-electron chi connectivity index (χ1n) is 10.0. The van der Waals surface area contributed by atoms with Crippen molar-refractivity contribution in [1.29, 1.82) is 0 Å². The second-order valence-electron chi connectivity index (χ2n) is 6.89. The fraction of sp³-hybridized carbons (Fsp3) is 0.450. The van der Waals surface area contributed by atoms with E-state index in [0.29, 0.717) is 35.2 Å². The molecule has 1 N–H and O–H groups in total. The molecule has 0 bridgehead atoms. The number of nitrogens with zero attached hydrogens (tertiary/aromatic N) is 4. The van der Waals surface area contributed by atoms with Crippen molar-refractivity contribution in [3.05, 3.63) is 57.0 Å². The molecule has 162 valence electrons. The Morgan fingerprint density at radius 2 is 1.83 bits per heavy atom. The lowest BCUT2D eigenvalue weighted by molar-refractivity contribution is 0.445. The maximum atomic E-state index is 12.6. The zero-order valence-electron chi connectivity index (χ0n) is 17.6. The number of hydrogen-bond acceptors (Lipinski definition) is 7. The Bertz CT molecular complexity index is 1170. The third-order valence-electron chi connectivity index (χ3n) is 4.96. The predicted octanol–water partition coefficient (Wildman–Crippen LogP) is 2.59. The third kappa shape index (κ3) is 4.61. The second kappa shape index (κ2) is 9.34. The highest BCUT2D eigenvalue weighted by atomic mass is 32.2. The Labute approximate surface area is 180 Å². The SMILES string of the molecule is CCc1nn2c(=O)cc(CN[C@@H](C)c3ccc(S(=O)(=O)N(CC)CC)cc3)nc2s1. The van der Waals surface area contributed by atoms with Gasteiger partial charge in [-0.15, -0.1) is 0 Å². The molecule has 8 nitrogen and oxygen atoms in total. The van der Waals surface area contributed by atoms with Crippen LogP contribution in [0, 0.1) is 0 Å². The number of benzene rings is 1. The Kier molecular flexibility index (Phi) is 7.02. The van der Waals surface area contributed by atoms with Crippen LogP contribution in [0.2, 0.25) is 0 Å². The molecule has 3 rings (SSSR count). The standard InChI is InChI=1S/C20H27N5O3S2/c1-5-18-23-25-19(26)12-16(22-20(25)29-18)13-21-14(4)15-8-10-17(11-9-15)30(27,28)24(6-2)7-3/h8-12,14,21H,5-7,13H2,1-4H3/t14-/m0/s1. The molecule has 0 spiro atoms. The predicted molar refractivity (Wildman–Crippen MR) is 118 cm³/mol. The number of nitrogens with one attached hydrogen (secondary N) is 1. The molecule has 10 heteroatoms. The van der Waals surface area contributed by atoms with Gasteiger partial charge in [-0.3, -0.25) is 4.79 Å². The molecule has 0 saturated heterocycles. The van der Waals surface area contributed by atoms with E-state index >= 15 is 0 Å². The zero-order valence-corrected chi connectivity index (χ0v) is 19.3. The average Bonchev–Trinajstić information content (AvgIpc) is 3.17. The van der Waals surface area contributed by atoms with Crippen molar-refractivity contribution in [2.24, 2.45) is 0 Å². The van der Waals surface area contributed by atoms with Gasteiger partial charge in [-0.2, -0.15) is 13.9 Å². The lowest BCUT2D eigenvalue weighted by Crippen LogP contribution is -2.30. The molecular weight excluding hydrogens is 422 g/mol. The first-order chi connectivity index (χ1) is 14.3. The summed E-state index contributed by atoms with van der Waals surface area (Å²) in [6.07, 6.45) is 0.762. The molecule has 2 heterocycles. The Hall–Kier alpha value is -2.14. The van der Waals surface area contributed by atoms with Gasteiger partial charge in [-0.25, -0.2) is 13.4 Å². The number of fused-ring (bicyclic) bond motifs is 1. The Morgan fingerprint density at radius 3 is 2.43 bits per heavy atom. The van der Waals surface area contributed by atoms with Crippen LogP contribution in [0.3, 0.4) is 0 Å². The highest BCUT2D eigenvalue weighted by Gasteiger charge is 2.21. The molecule has 0 amide bonds. The molecule has 0 aliphatic rings. The van der Waals surface area contributed by atoms with E-state index in [4.69, 9.17) is 0 Å². The molecule has 3 aromatic rings. The number of sulfonamides is 1. The van der Waals surface area contributed by atoms with Gasteiger partial charge in [-0.1, -0.05) is 44.2 Å². The summed E-state index contributed by atoms with van der Waals surface area (Å²) in [6.45, 7) is 8.94. The molecule has 1 aromatic carbocycles. The first-order valence-corrected chi connectivity index (χ1v) is 12.3. The van der Waals surface area contributed by atoms with E-state index in [2.05, 4.69) is 15.4 Å². The van der Waals surface area contributed by atoms with E-state index in [9.17, 15) is 13.2 Å². The van der Waals surface area contributed by atoms with E-state index < -0.39 is 10.0 Å². The minimum Gasteiger partial charge on any atom is -0.305 e. The molecule has 1 atom stereocenters. The van der Waals surface area contributed by atoms with Crippen LogP contribution in [0.25, 0.3) is 4.96 Å². The van der Waals surface area contributed by atoms with Crippen LogP contribution in [0.15, 0.2) is 40.0 Å². The summed E-state index contributed by atoms with van der Waals surface area (Å²) in [6, 6.07) is 8.37. The van der Waals surface area contributed by atoms with Gasteiger partial charge in [0.1, 0.15) is 5.01 Å². The van der Waals surface area contributed by atoms with Gasteiger partial charge in [0.05, 0.1) is 10.6 Å².